The zero-order valence-electron chi connectivity index (χ0n) is 22.8. The number of allylic oxidation sites excluding steroid dienone is 1. The fourth-order valence-corrected chi connectivity index (χ4v) is 4.45. The summed E-state index contributed by atoms with van der Waals surface area (Å²) < 4.78 is 0. The summed E-state index contributed by atoms with van der Waals surface area (Å²) in [6.07, 6.45) is 4.53. The normalized spacial score (nSPS) is 11.3. The van der Waals surface area contributed by atoms with Gasteiger partial charge >= 0.3 is 0 Å². The molecule has 0 aliphatic heterocycles. The zero-order valence-corrected chi connectivity index (χ0v) is 22.8. The highest BCUT2D eigenvalue weighted by Gasteiger charge is 2.18. The van der Waals surface area contributed by atoms with E-state index in [0.29, 0.717) is 16.8 Å². The monoisotopic (exact) mass is 567 g/mol. The van der Waals surface area contributed by atoms with Crippen molar-refractivity contribution in [3.63, 3.8) is 0 Å². The van der Waals surface area contributed by atoms with Crippen LogP contribution in [0, 0.1) is 10.1 Å². The molecule has 0 saturated carbocycles. The molecule has 0 aliphatic rings. The van der Waals surface area contributed by atoms with Crippen LogP contribution < -0.4 is 10.6 Å². The number of rotatable bonds is 9. The number of hydrogen-bond donors (Lipinski definition) is 2. The lowest BCUT2D eigenvalue weighted by Gasteiger charge is -2.12. The number of nitro benzene ring substituents is 1. The number of amides is 2. The molecule has 5 rings (SSSR count). The molecule has 0 saturated heterocycles. The predicted octanol–water partition coefficient (Wildman–Crippen LogP) is 7.05. The summed E-state index contributed by atoms with van der Waals surface area (Å²) in [5.41, 5.74) is 1.74. The molecule has 0 radical (unpaired) electrons. The third kappa shape index (κ3) is 6.96. The summed E-state index contributed by atoms with van der Waals surface area (Å²) >= 11 is 0. The van der Waals surface area contributed by atoms with Gasteiger partial charge in [0.25, 0.3) is 17.5 Å². The summed E-state index contributed by atoms with van der Waals surface area (Å²) in [5.74, 6) is -1.46. The average Bonchev–Trinajstić information content (AvgIpc) is 3.04. The number of carbonyl (C=O) groups excluding carboxylic acids is 3. The van der Waals surface area contributed by atoms with E-state index in [1.54, 1.807) is 66.7 Å². The molecule has 0 heterocycles. The van der Waals surface area contributed by atoms with Crippen molar-refractivity contribution in [1.29, 1.82) is 0 Å². The third-order valence-corrected chi connectivity index (χ3v) is 6.63. The van der Waals surface area contributed by atoms with Crippen molar-refractivity contribution in [1.82, 2.24) is 5.32 Å². The second kappa shape index (κ2) is 13.0. The molecular formula is C35H25N3O5. The number of anilines is 1. The van der Waals surface area contributed by atoms with Crippen LogP contribution in [0.15, 0.2) is 133 Å². The molecule has 0 aromatic heterocycles. The fraction of sp³-hybridized carbons (Fsp3) is 0. The molecule has 210 valence electrons. The number of nitro groups is 1. The molecule has 5 aromatic rings. The number of para-hydroxylation sites is 1. The van der Waals surface area contributed by atoms with Crippen LogP contribution in [-0.4, -0.2) is 22.5 Å². The van der Waals surface area contributed by atoms with Gasteiger partial charge in [-0.3, -0.25) is 24.5 Å². The Kier molecular flexibility index (Phi) is 8.59. The molecule has 8 heteroatoms. The Morgan fingerprint density at radius 1 is 0.674 bits per heavy atom. The molecule has 0 bridgehead atoms. The van der Waals surface area contributed by atoms with Gasteiger partial charge in [-0.15, -0.1) is 0 Å². The molecule has 0 fully saturated rings. The van der Waals surface area contributed by atoms with E-state index in [2.05, 4.69) is 10.6 Å². The maximum absolute atomic E-state index is 13.3. The van der Waals surface area contributed by atoms with E-state index in [4.69, 9.17) is 0 Å². The SMILES string of the molecule is O=C(Nc1ccc(C(=O)/C=C/c2cccc3ccccc23)cc1)/C(=C/c1ccccc1[N+](=O)[O-])NC(=O)c1ccccc1. The van der Waals surface area contributed by atoms with Gasteiger partial charge in [-0.05, 0) is 71.0 Å². The quantitative estimate of drug-likeness (QED) is 0.0856. The van der Waals surface area contributed by atoms with E-state index < -0.39 is 16.7 Å². The number of carbonyl (C=O) groups is 3. The molecule has 0 unspecified atom stereocenters. The van der Waals surface area contributed by atoms with E-state index >= 15 is 0 Å². The lowest BCUT2D eigenvalue weighted by molar-refractivity contribution is -0.385. The van der Waals surface area contributed by atoms with Crippen molar-refractivity contribution in [2.24, 2.45) is 0 Å². The summed E-state index contributed by atoms with van der Waals surface area (Å²) in [6, 6.07) is 34.3. The highest BCUT2D eigenvalue weighted by Crippen LogP contribution is 2.22. The minimum atomic E-state index is -0.697. The number of ketones is 1. The zero-order chi connectivity index (χ0) is 30.2. The van der Waals surface area contributed by atoms with Crippen molar-refractivity contribution in [2.75, 3.05) is 5.32 Å². The van der Waals surface area contributed by atoms with Crippen LogP contribution in [-0.2, 0) is 4.79 Å². The molecule has 0 aliphatic carbocycles. The fourth-order valence-electron chi connectivity index (χ4n) is 4.45. The number of nitrogens with zero attached hydrogens (tertiary/aromatic N) is 1. The average molecular weight is 568 g/mol. The molecule has 5 aromatic carbocycles. The molecule has 8 nitrogen and oxygen atoms in total. The smallest absolute Gasteiger partial charge is 0.276 e. The van der Waals surface area contributed by atoms with Crippen molar-refractivity contribution < 1.29 is 19.3 Å². The van der Waals surface area contributed by atoms with E-state index in [-0.39, 0.29) is 22.7 Å². The lowest BCUT2D eigenvalue weighted by Crippen LogP contribution is -2.30. The van der Waals surface area contributed by atoms with E-state index in [1.165, 1.54) is 30.4 Å². The van der Waals surface area contributed by atoms with Crippen molar-refractivity contribution in [2.45, 2.75) is 0 Å². The minimum absolute atomic E-state index is 0.143. The number of hydrogen-bond acceptors (Lipinski definition) is 5. The van der Waals surface area contributed by atoms with Gasteiger partial charge in [-0.2, -0.15) is 0 Å². The Bertz CT molecular complexity index is 1890. The van der Waals surface area contributed by atoms with Gasteiger partial charge in [0.05, 0.1) is 10.5 Å². The van der Waals surface area contributed by atoms with Crippen molar-refractivity contribution >= 4 is 51.9 Å². The van der Waals surface area contributed by atoms with E-state index in [1.807, 2.05) is 42.5 Å². The van der Waals surface area contributed by atoms with Gasteiger partial charge in [0.15, 0.2) is 5.78 Å². The summed E-state index contributed by atoms with van der Waals surface area (Å²) in [5, 5.41) is 18.9. The maximum atomic E-state index is 13.3. The van der Waals surface area contributed by atoms with Crippen molar-refractivity contribution in [3.05, 3.63) is 165 Å². The standard InChI is InChI=1S/C35H25N3O5/c39-33(22-19-25-14-8-13-24-9-4-6-15-30(24)25)26-17-20-29(21-18-26)36-35(41)31(37-34(40)27-10-2-1-3-11-27)23-28-12-5-7-16-32(28)38(42)43/h1-23H,(H,36,41)(H,37,40)/b22-19+,31-23-. The summed E-state index contributed by atoms with van der Waals surface area (Å²) in [7, 11) is 0. The lowest BCUT2D eigenvalue weighted by atomic mass is 10.0. The van der Waals surface area contributed by atoms with Crippen LogP contribution in [0.25, 0.3) is 22.9 Å². The topological polar surface area (TPSA) is 118 Å². The second-order valence-corrected chi connectivity index (χ2v) is 9.49. The highest BCUT2D eigenvalue weighted by atomic mass is 16.6. The van der Waals surface area contributed by atoms with Gasteiger partial charge in [-0.1, -0.05) is 78.9 Å². The molecule has 2 N–H and O–H groups in total. The number of nitrogens with one attached hydrogen (secondary N) is 2. The van der Waals surface area contributed by atoms with E-state index in [9.17, 15) is 24.5 Å². The predicted molar refractivity (Wildman–Crippen MR) is 167 cm³/mol. The summed E-state index contributed by atoms with van der Waals surface area (Å²) in [4.78, 5) is 50.0. The van der Waals surface area contributed by atoms with Crippen LogP contribution in [0.4, 0.5) is 11.4 Å². The van der Waals surface area contributed by atoms with Gasteiger partial charge in [0.1, 0.15) is 5.70 Å². The summed E-state index contributed by atoms with van der Waals surface area (Å²) in [6.45, 7) is 0. The molecule has 0 spiro atoms. The van der Waals surface area contributed by atoms with Gasteiger partial charge in [0, 0.05) is 22.9 Å². The Balaban J connectivity index is 1.35. The van der Waals surface area contributed by atoms with Crippen LogP contribution in [0.1, 0.15) is 31.8 Å². The number of benzene rings is 5. The highest BCUT2D eigenvalue weighted by molar-refractivity contribution is 6.11. The first-order chi connectivity index (χ1) is 20.9. The molecule has 2 amide bonds. The third-order valence-electron chi connectivity index (χ3n) is 6.63. The van der Waals surface area contributed by atoms with Crippen molar-refractivity contribution in [3.8, 4) is 0 Å². The Morgan fingerprint density at radius 2 is 1.33 bits per heavy atom. The minimum Gasteiger partial charge on any atom is -0.321 e. The van der Waals surface area contributed by atoms with Crippen LogP contribution in [0.3, 0.4) is 0 Å². The molecular weight excluding hydrogens is 542 g/mol. The maximum Gasteiger partial charge on any atom is 0.276 e. The van der Waals surface area contributed by atoms with Gasteiger partial charge in [-0.25, -0.2) is 0 Å². The van der Waals surface area contributed by atoms with Crippen LogP contribution in [0.2, 0.25) is 0 Å². The van der Waals surface area contributed by atoms with E-state index in [0.717, 1.165) is 16.3 Å². The van der Waals surface area contributed by atoms with Gasteiger partial charge < -0.3 is 10.6 Å². The number of fused-ring (bicyclic) bond motifs is 1. The Hall–Kier alpha value is -6.15. The Morgan fingerprint density at radius 3 is 2.09 bits per heavy atom. The Labute approximate surface area is 247 Å². The first-order valence-corrected chi connectivity index (χ1v) is 13.3. The molecule has 43 heavy (non-hydrogen) atoms. The van der Waals surface area contributed by atoms with Gasteiger partial charge in [0.2, 0.25) is 0 Å². The van der Waals surface area contributed by atoms with Crippen LogP contribution >= 0.6 is 0 Å². The molecule has 0 atom stereocenters. The first-order valence-electron chi connectivity index (χ1n) is 13.3. The van der Waals surface area contributed by atoms with Crippen LogP contribution in [0.5, 0.6) is 0 Å². The second-order valence-electron chi connectivity index (χ2n) is 9.49. The largest absolute Gasteiger partial charge is 0.321 e. The first kappa shape index (κ1) is 28.4.